The molecule has 240 valence electrons. The Kier molecular flexibility index (Phi) is 9.40. The Morgan fingerprint density at radius 2 is 1.58 bits per heavy atom. The number of phenols is 1. The van der Waals surface area contributed by atoms with Crippen LogP contribution in [0, 0.1) is 0 Å². The molecule has 2 heterocycles. The quantitative estimate of drug-likeness (QED) is 0.116. The van der Waals surface area contributed by atoms with Gasteiger partial charge in [0.25, 0.3) is 0 Å². The molecule has 0 amide bonds. The number of fused-ring (bicyclic) bond motifs is 2. The Morgan fingerprint density at radius 1 is 0.956 bits per heavy atom. The van der Waals surface area contributed by atoms with Gasteiger partial charge in [0, 0.05) is 24.7 Å². The van der Waals surface area contributed by atoms with Crippen LogP contribution >= 0.6 is 46.4 Å². The standard InChI is InChI=1S/C35H37Cl4NO5/c1-34(2,3)19-15-17(16-20(30(19)42)35(4,5)6)11-14-23(41)44-22-10-8-9-18-12-13-21(40-29(18)22)31-33(43-7)24-25(36)26(37)27(38)28(39)32(24)45-31/h8-10,12-13,15-16,21,31,33,40,42H,11,14H2,1-7H3. The number of para-hydroxylation sites is 1. The Labute approximate surface area is 284 Å². The molecule has 3 unspecified atom stereocenters. The molecule has 10 heteroatoms. The SMILES string of the molecule is COC1c2c(Cl)c(Cl)c(Cl)c(Cl)c2OC1C1C=Cc2cccc(OC(=O)CCc3cc(C(C)(C)C)c(O)c(C(C)(C)C)c3)c2N1. The Balaban J connectivity index is 1.35. The number of hydrogen-bond acceptors (Lipinski definition) is 6. The number of aryl methyl sites for hydroxylation is 1. The molecule has 3 aromatic carbocycles. The average molecular weight is 693 g/mol. The third-order valence-electron chi connectivity index (χ3n) is 8.18. The number of nitrogens with one attached hydrogen (secondary N) is 1. The lowest BCUT2D eigenvalue weighted by molar-refractivity contribution is -0.134. The number of anilines is 1. The predicted octanol–water partition coefficient (Wildman–Crippen LogP) is 10.1. The van der Waals surface area contributed by atoms with E-state index >= 15 is 0 Å². The predicted molar refractivity (Wildman–Crippen MR) is 183 cm³/mol. The van der Waals surface area contributed by atoms with E-state index in [0.29, 0.717) is 34.9 Å². The number of aromatic hydroxyl groups is 1. The van der Waals surface area contributed by atoms with Crippen LogP contribution in [0.3, 0.4) is 0 Å². The summed E-state index contributed by atoms with van der Waals surface area (Å²) in [5.74, 6) is 0.662. The highest BCUT2D eigenvalue weighted by molar-refractivity contribution is 6.52. The van der Waals surface area contributed by atoms with Gasteiger partial charge in [-0.3, -0.25) is 4.79 Å². The van der Waals surface area contributed by atoms with Gasteiger partial charge in [0.15, 0.2) is 11.9 Å². The lowest BCUT2D eigenvalue weighted by Gasteiger charge is -2.30. The minimum Gasteiger partial charge on any atom is -0.507 e. The minimum atomic E-state index is -0.598. The van der Waals surface area contributed by atoms with Gasteiger partial charge < -0.3 is 24.6 Å². The molecule has 0 radical (unpaired) electrons. The van der Waals surface area contributed by atoms with E-state index in [-0.39, 0.29) is 43.3 Å². The summed E-state index contributed by atoms with van der Waals surface area (Å²) in [6, 6.07) is 9.09. The van der Waals surface area contributed by atoms with E-state index in [1.807, 2.05) is 36.4 Å². The van der Waals surface area contributed by atoms with Crippen molar-refractivity contribution >= 4 is 64.1 Å². The maximum Gasteiger partial charge on any atom is 0.311 e. The minimum absolute atomic E-state index is 0.112. The summed E-state index contributed by atoms with van der Waals surface area (Å²) in [4.78, 5) is 13.2. The Hall–Kier alpha value is -2.61. The van der Waals surface area contributed by atoms with Gasteiger partial charge >= 0.3 is 5.97 Å². The van der Waals surface area contributed by atoms with Gasteiger partial charge in [0.1, 0.15) is 22.6 Å². The molecular formula is C35H37Cl4NO5. The zero-order chi connectivity index (χ0) is 33.0. The highest BCUT2D eigenvalue weighted by Gasteiger charge is 2.44. The second-order valence-electron chi connectivity index (χ2n) is 13.5. The summed E-state index contributed by atoms with van der Waals surface area (Å²) >= 11 is 25.7. The summed E-state index contributed by atoms with van der Waals surface area (Å²) < 4.78 is 18.0. The van der Waals surface area contributed by atoms with Gasteiger partial charge in [-0.1, -0.05) is 124 Å². The van der Waals surface area contributed by atoms with Gasteiger partial charge in [0.2, 0.25) is 0 Å². The van der Waals surface area contributed by atoms with Crippen LogP contribution in [0.2, 0.25) is 20.1 Å². The molecule has 0 spiro atoms. The fourth-order valence-corrected chi connectivity index (χ4v) is 6.82. The second-order valence-corrected chi connectivity index (χ2v) is 15.0. The molecule has 6 nitrogen and oxygen atoms in total. The van der Waals surface area contributed by atoms with Crippen LogP contribution in [-0.4, -0.2) is 30.3 Å². The summed E-state index contributed by atoms with van der Waals surface area (Å²) in [6.45, 7) is 12.4. The Bertz CT molecular complexity index is 1650. The molecule has 45 heavy (non-hydrogen) atoms. The number of benzene rings is 3. The number of hydrogen-bond donors (Lipinski definition) is 2. The van der Waals surface area contributed by atoms with Gasteiger partial charge in [-0.2, -0.15) is 0 Å². The van der Waals surface area contributed by atoms with E-state index in [1.54, 1.807) is 13.2 Å². The summed E-state index contributed by atoms with van der Waals surface area (Å²) in [7, 11) is 1.56. The zero-order valence-corrected chi connectivity index (χ0v) is 29.3. The maximum atomic E-state index is 13.2. The van der Waals surface area contributed by atoms with Crippen LogP contribution in [-0.2, 0) is 26.8 Å². The normalized spacial score (nSPS) is 19.0. The maximum absolute atomic E-state index is 13.2. The van der Waals surface area contributed by atoms with Gasteiger partial charge in [-0.25, -0.2) is 0 Å². The molecule has 0 saturated heterocycles. The van der Waals surface area contributed by atoms with Gasteiger partial charge in [0.05, 0.1) is 26.8 Å². The molecule has 0 aliphatic carbocycles. The molecular weight excluding hydrogens is 656 g/mol. The van der Waals surface area contributed by atoms with E-state index in [9.17, 15) is 9.90 Å². The van der Waals surface area contributed by atoms with E-state index in [0.717, 1.165) is 22.3 Å². The molecule has 3 atom stereocenters. The number of methoxy groups -OCH3 is 1. The summed E-state index contributed by atoms with van der Waals surface area (Å²) in [6.07, 6.45) is 3.34. The van der Waals surface area contributed by atoms with Crippen molar-refractivity contribution in [1.29, 1.82) is 0 Å². The van der Waals surface area contributed by atoms with Crippen molar-refractivity contribution in [2.75, 3.05) is 12.4 Å². The molecule has 2 N–H and O–H groups in total. The highest BCUT2D eigenvalue weighted by Crippen LogP contribution is 2.54. The second kappa shape index (κ2) is 12.5. The van der Waals surface area contributed by atoms with Crippen LogP contribution in [0.5, 0.6) is 17.2 Å². The first-order valence-electron chi connectivity index (χ1n) is 14.7. The van der Waals surface area contributed by atoms with E-state index in [2.05, 4.69) is 46.9 Å². The van der Waals surface area contributed by atoms with Crippen molar-refractivity contribution in [3.63, 3.8) is 0 Å². The lowest BCUT2D eigenvalue weighted by atomic mass is 9.78. The van der Waals surface area contributed by atoms with Gasteiger partial charge in [-0.05, 0) is 40.0 Å². The van der Waals surface area contributed by atoms with Crippen LogP contribution in [0.15, 0.2) is 36.4 Å². The zero-order valence-electron chi connectivity index (χ0n) is 26.3. The van der Waals surface area contributed by atoms with Crippen molar-refractivity contribution in [2.24, 2.45) is 0 Å². The Morgan fingerprint density at radius 3 is 2.18 bits per heavy atom. The van der Waals surface area contributed by atoms with Crippen molar-refractivity contribution in [3.8, 4) is 17.2 Å². The van der Waals surface area contributed by atoms with Crippen LogP contribution in [0.1, 0.15) is 81.9 Å². The van der Waals surface area contributed by atoms with Crippen molar-refractivity contribution in [1.82, 2.24) is 0 Å². The van der Waals surface area contributed by atoms with Crippen molar-refractivity contribution in [3.05, 3.63) is 84.3 Å². The smallest absolute Gasteiger partial charge is 0.311 e. The number of carbonyl (C=O) groups excluding carboxylic acids is 1. The topological polar surface area (TPSA) is 77.0 Å². The fraction of sp³-hybridized carbons (Fsp3) is 0.400. The number of halogens is 4. The average Bonchev–Trinajstić information content (AvgIpc) is 3.37. The number of carbonyl (C=O) groups is 1. The fourth-order valence-electron chi connectivity index (χ4n) is 5.82. The molecule has 0 saturated carbocycles. The van der Waals surface area contributed by atoms with Crippen molar-refractivity contribution < 1.29 is 24.1 Å². The molecule has 2 aliphatic heterocycles. The largest absolute Gasteiger partial charge is 0.507 e. The molecule has 0 fully saturated rings. The van der Waals surface area contributed by atoms with Gasteiger partial charge in [-0.15, -0.1) is 0 Å². The van der Waals surface area contributed by atoms with E-state index in [4.69, 9.17) is 60.6 Å². The van der Waals surface area contributed by atoms with Crippen LogP contribution < -0.4 is 14.8 Å². The molecule has 2 aliphatic rings. The van der Waals surface area contributed by atoms with E-state index in [1.165, 1.54) is 0 Å². The summed E-state index contributed by atoms with van der Waals surface area (Å²) in [5, 5.41) is 15.2. The third-order valence-corrected chi connectivity index (χ3v) is 9.98. The van der Waals surface area contributed by atoms with Crippen molar-refractivity contribution in [2.45, 2.75) is 83.5 Å². The summed E-state index contributed by atoms with van der Waals surface area (Å²) in [5.41, 5.74) is 4.19. The number of ether oxygens (including phenoxy) is 3. The van der Waals surface area contributed by atoms with Crippen LogP contribution in [0.4, 0.5) is 5.69 Å². The molecule has 3 aromatic rings. The number of phenolic OH excluding ortho intramolecular Hbond substituents is 1. The number of rotatable bonds is 6. The lowest BCUT2D eigenvalue weighted by Crippen LogP contribution is -2.39. The first-order chi connectivity index (χ1) is 21.0. The molecule has 0 aromatic heterocycles. The third kappa shape index (κ3) is 6.50. The monoisotopic (exact) mass is 691 g/mol. The van der Waals surface area contributed by atoms with E-state index < -0.39 is 18.2 Å². The highest BCUT2D eigenvalue weighted by atomic mass is 35.5. The molecule has 5 rings (SSSR count). The first-order valence-corrected chi connectivity index (χ1v) is 16.2. The first kappa shape index (κ1) is 33.7. The number of esters is 1. The molecule has 0 bridgehead atoms. The van der Waals surface area contributed by atoms with Crippen LogP contribution in [0.25, 0.3) is 6.08 Å².